The number of benzene rings is 2. The van der Waals surface area contributed by atoms with Crippen LogP contribution in [0, 0.1) is 12.7 Å². The summed E-state index contributed by atoms with van der Waals surface area (Å²) < 4.78 is 55.5. The van der Waals surface area contributed by atoms with Gasteiger partial charge in [-0.2, -0.15) is 18.3 Å². The molecule has 0 unspecified atom stereocenters. The first-order chi connectivity index (χ1) is 13.8. The number of aliphatic hydroxyl groups excluding tert-OH is 1. The Morgan fingerprint density at radius 2 is 1.90 bits per heavy atom. The molecule has 0 atom stereocenters. The molecule has 29 heavy (non-hydrogen) atoms. The van der Waals surface area contributed by atoms with Gasteiger partial charge in [0, 0.05) is 16.7 Å². The number of halogens is 4. The number of hydrogen-bond donors (Lipinski definition) is 1. The van der Waals surface area contributed by atoms with Crippen LogP contribution in [0.5, 0.6) is 0 Å². The highest BCUT2D eigenvalue weighted by Crippen LogP contribution is 2.35. The Kier molecular flexibility index (Phi) is 4.92. The fraction of sp³-hybridized carbons (Fsp3) is 0.190. The number of thiophene rings is 1. The maximum Gasteiger partial charge on any atom is 0.416 e. The van der Waals surface area contributed by atoms with Crippen molar-refractivity contribution in [3.8, 4) is 5.69 Å². The Balaban J connectivity index is 1.78. The van der Waals surface area contributed by atoms with E-state index >= 15 is 0 Å². The molecular formula is C21H16F4N2OS. The zero-order valence-corrected chi connectivity index (χ0v) is 16.1. The maximum atomic E-state index is 14.4. The molecule has 2 heterocycles. The van der Waals surface area contributed by atoms with E-state index in [9.17, 15) is 22.7 Å². The number of alkyl halides is 3. The van der Waals surface area contributed by atoms with Gasteiger partial charge in [-0.1, -0.05) is 18.2 Å². The topological polar surface area (TPSA) is 38.0 Å². The van der Waals surface area contributed by atoms with Gasteiger partial charge in [-0.05, 0) is 42.8 Å². The monoisotopic (exact) mass is 420 g/mol. The number of aromatic nitrogens is 2. The van der Waals surface area contributed by atoms with E-state index < -0.39 is 17.6 Å². The Hall–Kier alpha value is -2.71. The van der Waals surface area contributed by atoms with E-state index in [2.05, 4.69) is 5.10 Å². The highest BCUT2D eigenvalue weighted by Gasteiger charge is 2.30. The van der Waals surface area contributed by atoms with E-state index in [-0.39, 0.29) is 13.0 Å². The summed E-state index contributed by atoms with van der Waals surface area (Å²) in [7, 11) is 0. The minimum Gasteiger partial charge on any atom is -0.390 e. The van der Waals surface area contributed by atoms with Crippen LogP contribution in [-0.4, -0.2) is 14.9 Å². The second-order valence-electron chi connectivity index (χ2n) is 6.74. The summed E-state index contributed by atoms with van der Waals surface area (Å²) >= 11 is 1.31. The summed E-state index contributed by atoms with van der Waals surface area (Å²) in [5.41, 5.74) is 1.70. The molecule has 0 aliphatic rings. The van der Waals surface area contributed by atoms with Gasteiger partial charge in [0.25, 0.3) is 0 Å². The zero-order valence-electron chi connectivity index (χ0n) is 15.3. The second-order valence-corrected chi connectivity index (χ2v) is 7.88. The van der Waals surface area contributed by atoms with E-state index in [1.807, 2.05) is 0 Å². The molecule has 0 aliphatic carbocycles. The smallest absolute Gasteiger partial charge is 0.390 e. The standard InChI is InChI=1S/C21H16F4N2OS/c1-12-7-15(11-28)27(26-12)19-6-5-18(22)17-10-16(29-20(17)19)9-13-3-2-4-14(8-13)21(23,24)25/h2-8,10,28H,9,11H2,1H3. The van der Waals surface area contributed by atoms with E-state index in [1.165, 1.54) is 23.5 Å². The molecule has 0 radical (unpaired) electrons. The van der Waals surface area contributed by atoms with E-state index in [4.69, 9.17) is 0 Å². The van der Waals surface area contributed by atoms with Gasteiger partial charge in [0.1, 0.15) is 5.82 Å². The van der Waals surface area contributed by atoms with Crippen molar-refractivity contribution < 1.29 is 22.7 Å². The molecule has 2 aromatic carbocycles. The predicted molar refractivity (Wildman–Crippen MR) is 104 cm³/mol. The molecule has 0 amide bonds. The summed E-state index contributed by atoms with van der Waals surface area (Å²) in [6, 6.07) is 11.5. The Bertz CT molecular complexity index is 1190. The lowest BCUT2D eigenvalue weighted by atomic mass is 10.1. The first kappa shape index (κ1) is 19.6. The summed E-state index contributed by atoms with van der Waals surface area (Å²) in [6.45, 7) is 1.58. The first-order valence-electron chi connectivity index (χ1n) is 8.80. The highest BCUT2D eigenvalue weighted by atomic mass is 32.1. The third-order valence-electron chi connectivity index (χ3n) is 4.59. The van der Waals surface area contributed by atoms with E-state index in [1.54, 1.807) is 35.9 Å². The summed E-state index contributed by atoms with van der Waals surface area (Å²) in [5, 5.41) is 14.3. The van der Waals surface area contributed by atoms with Crippen molar-refractivity contribution in [2.75, 3.05) is 0 Å². The number of fused-ring (bicyclic) bond motifs is 1. The number of nitrogens with zero attached hydrogens (tertiary/aromatic N) is 2. The number of aryl methyl sites for hydroxylation is 1. The summed E-state index contributed by atoms with van der Waals surface area (Å²) in [6.07, 6.45) is -4.15. The van der Waals surface area contributed by atoms with E-state index in [0.29, 0.717) is 32.7 Å². The van der Waals surface area contributed by atoms with Gasteiger partial charge in [0.05, 0.1) is 33.9 Å². The number of aliphatic hydroxyl groups is 1. The Morgan fingerprint density at radius 3 is 2.62 bits per heavy atom. The van der Waals surface area contributed by atoms with Crippen molar-refractivity contribution in [3.05, 3.63) is 81.7 Å². The van der Waals surface area contributed by atoms with Crippen LogP contribution in [-0.2, 0) is 19.2 Å². The lowest BCUT2D eigenvalue weighted by molar-refractivity contribution is -0.137. The minimum atomic E-state index is -4.41. The molecule has 1 N–H and O–H groups in total. The lowest BCUT2D eigenvalue weighted by Gasteiger charge is -2.08. The summed E-state index contributed by atoms with van der Waals surface area (Å²) in [4.78, 5) is 0.736. The predicted octanol–water partition coefficient (Wildman–Crippen LogP) is 5.64. The number of hydrogen-bond acceptors (Lipinski definition) is 3. The van der Waals surface area contributed by atoms with Crippen molar-refractivity contribution in [3.63, 3.8) is 0 Å². The third-order valence-corrected chi connectivity index (χ3v) is 5.75. The van der Waals surface area contributed by atoms with Crippen molar-refractivity contribution >= 4 is 21.4 Å². The van der Waals surface area contributed by atoms with Crippen LogP contribution in [0.4, 0.5) is 17.6 Å². The van der Waals surface area contributed by atoms with Crippen LogP contribution in [0.15, 0.2) is 48.5 Å². The van der Waals surface area contributed by atoms with Crippen molar-refractivity contribution in [2.24, 2.45) is 0 Å². The van der Waals surface area contributed by atoms with Crippen LogP contribution in [0.25, 0.3) is 15.8 Å². The van der Waals surface area contributed by atoms with Gasteiger partial charge in [-0.3, -0.25) is 0 Å². The average Bonchev–Trinajstić information content (AvgIpc) is 3.25. The van der Waals surface area contributed by atoms with Crippen LogP contribution >= 0.6 is 11.3 Å². The van der Waals surface area contributed by atoms with Crippen LogP contribution in [0.2, 0.25) is 0 Å². The molecule has 0 bridgehead atoms. The molecular weight excluding hydrogens is 404 g/mol. The molecule has 0 spiro atoms. The van der Waals surface area contributed by atoms with Gasteiger partial charge in [-0.15, -0.1) is 11.3 Å². The lowest BCUT2D eigenvalue weighted by Crippen LogP contribution is -2.05. The number of rotatable bonds is 4. The van der Waals surface area contributed by atoms with Gasteiger partial charge in [0.15, 0.2) is 0 Å². The van der Waals surface area contributed by atoms with Crippen molar-refractivity contribution in [1.29, 1.82) is 0 Å². The minimum absolute atomic E-state index is 0.220. The Morgan fingerprint density at radius 1 is 1.10 bits per heavy atom. The van der Waals surface area contributed by atoms with Crippen LogP contribution in [0.1, 0.15) is 27.4 Å². The second kappa shape index (κ2) is 7.27. The van der Waals surface area contributed by atoms with Gasteiger partial charge < -0.3 is 5.11 Å². The molecule has 8 heteroatoms. The first-order valence-corrected chi connectivity index (χ1v) is 9.62. The summed E-state index contributed by atoms with van der Waals surface area (Å²) in [5.74, 6) is -0.412. The van der Waals surface area contributed by atoms with Gasteiger partial charge in [0.2, 0.25) is 0 Å². The Labute approximate surface area is 167 Å². The van der Waals surface area contributed by atoms with Crippen molar-refractivity contribution in [2.45, 2.75) is 26.1 Å². The van der Waals surface area contributed by atoms with Crippen LogP contribution in [0.3, 0.4) is 0 Å². The maximum absolute atomic E-state index is 14.4. The third kappa shape index (κ3) is 3.77. The highest BCUT2D eigenvalue weighted by molar-refractivity contribution is 7.19. The molecule has 2 aromatic heterocycles. The van der Waals surface area contributed by atoms with Gasteiger partial charge in [-0.25, -0.2) is 9.07 Å². The fourth-order valence-corrected chi connectivity index (χ4v) is 4.52. The SMILES string of the molecule is Cc1cc(CO)n(-c2ccc(F)c3cc(Cc4cccc(C(F)(F)F)c4)sc23)n1. The quantitative estimate of drug-likeness (QED) is 0.434. The molecule has 0 fully saturated rings. The molecule has 4 aromatic rings. The normalized spacial score (nSPS) is 12.1. The molecule has 3 nitrogen and oxygen atoms in total. The molecule has 150 valence electrons. The van der Waals surface area contributed by atoms with Crippen LogP contribution < -0.4 is 0 Å². The average molecular weight is 420 g/mol. The fourth-order valence-electron chi connectivity index (χ4n) is 3.31. The van der Waals surface area contributed by atoms with Gasteiger partial charge >= 0.3 is 6.18 Å². The van der Waals surface area contributed by atoms with Crippen molar-refractivity contribution in [1.82, 2.24) is 9.78 Å². The van der Waals surface area contributed by atoms with E-state index in [0.717, 1.165) is 17.0 Å². The molecule has 0 saturated carbocycles. The molecule has 0 saturated heterocycles. The largest absolute Gasteiger partial charge is 0.416 e. The molecule has 0 aliphatic heterocycles. The zero-order chi connectivity index (χ0) is 20.8. The molecule has 4 rings (SSSR count).